The molecule has 5 nitrogen and oxygen atoms in total. The van der Waals surface area contributed by atoms with Crippen molar-refractivity contribution in [1.82, 2.24) is 19.6 Å². The molecular weight excluding hydrogens is 190 g/mol. The number of hydrogen-bond acceptors (Lipinski definition) is 3. The predicted octanol–water partition coefficient (Wildman–Crippen LogP) is 1.31. The quantitative estimate of drug-likeness (QED) is 0.620. The van der Waals surface area contributed by atoms with E-state index in [1.807, 2.05) is 35.0 Å². The maximum absolute atomic E-state index is 5.75. The van der Waals surface area contributed by atoms with Crippen molar-refractivity contribution in [1.29, 1.82) is 0 Å². The largest absolute Gasteiger partial charge is 0.396 e. The van der Waals surface area contributed by atoms with Crippen molar-refractivity contribution in [2.24, 2.45) is 0 Å². The van der Waals surface area contributed by atoms with E-state index >= 15 is 0 Å². The number of hydrogen-bond donors (Lipinski definition) is 2. The number of imidazole rings is 1. The molecule has 3 rings (SSSR count). The van der Waals surface area contributed by atoms with E-state index in [-0.39, 0.29) is 0 Å². The van der Waals surface area contributed by atoms with E-state index < -0.39 is 0 Å². The van der Waals surface area contributed by atoms with Gasteiger partial charge < -0.3 is 10.1 Å². The molecule has 0 spiro atoms. The van der Waals surface area contributed by atoms with Gasteiger partial charge >= 0.3 is 0 Å². The lowest BCUT2D eigenvalue weighted by atomic mass is 10.3. The second kappa shape index (κ2) is 2.84. The summed E-state index contributed by atoms with van der Waals surface area (Å²) in [5.41, 5.74) is 8.82. The first-order valence-electron chi connectivity index (χ1n) is 4.57. The summed E-state index contributed by atoms with van der Waals surface area (Å²) in [5.74, 6) is 0. The highest BCUT2D eigenvalue weighted by molar-refractivity contribution is 5.70. The van der Waals surface area contributed by atoms with Gasteiger partial charge in [-0.15, -0.1) is 0 Å². The smallest absolute Gasteiger partial charge is 0.137 e. The summed E-state index contributed by atoms with van der Waals surface area (Å²) in [5, 5.41) is 6.70. The maximum atomic E-state index is 5.75. The summed E-state index contributed by atoms with van der Waals surface area (Å²) in [7, 11) is 0. The fraction of sp³-hybridized carbons (Fsp3) is 0. The van der Waals surface area contributed by atoms with Gasteiger partial charge in [0.25, 0.3) is 0 Å². The zero-order valence-corrected chi connectivity index (χ0v) is 7.88. The minimum atomic E-state index is 0.610. The standard InChI is InChI=1S/C10H9N5/c11-7-5-12-14-10(7)8-6-15-4-2-1-3-9(15)13-8/h1-6H,11H2,(H,12,14). The number of anilines is 1. The Balaban J connectivity index is 2.24. The molecule has 0 unspecified atom stereocenters. The van der Waals surface area contributed by atoms with Crippen LogP contribution in [-0.4, -0.2) is 19.6 Å². The SMILES string of the molecule is Nc1cn[nH]c1-c1cn2ccccc2n1. The fourth-order valence-electron chi connectivity index (χ4n) is 1.56. The Bertz CT molecular complexity index is 574. The van der Waals surface area contributed by atoms with Crippen LogP contribution in [0.5, 0.6) is 0 Å². The molecule has 0 radical (unpaired) electrons. The van der Waals surface area contributed by atoms with Gasteiger partial charge in [-0.25, -0.2) is 4.98 Å². The van der Waals surface area contributed by atoms with E-state index in [2.05, 4.69) is 15.2 Å². The number of pyridine rings is 1. The average Bonchev–Trinajstić information content (AvgIpc) is 2.82. The molecule has 0 aliphatic heterocycles. The third kappa shape index (κ3) is 1.17. The Hall–Kier alpha value is -2.30. The molecule has 74 valence electrons. The minimum absolute atomic E-state index is 0.610. The van der Waals surface area contributed by atoms with Crippen LogP contribution in [0.2, 0.25) is 0 Å². The van der Waals surface area contributed by atoms with Crippen LogP contribution in [0.4, 0.5) is 5.69 Å². The third-order valence-corrected chi connectivity index (χ3v) is 2.29. The topological polar surface area (TPSA) is 72.0 Å². The highest BCUT2D eigenvalue weighted by atomic mass is 15.1. The average molecular weight is 199 g/mol. The number of nitrogens with one attached hydrogen (secondary N) is 1. The van der Waals surface area contributed by atoms with Gasteiger partial charge in [-0.2, -0.15) is 5.10 Å². The van der Waals surface area contributed by atoms with E-state index in [4.69, 9.17) is 5.73 Å². The van der Waals surface area contributed by atoms with E-state index in [0.717, 1.165) is 17.0 Å². The molecule has 0 fully saturated rings. The van der Waals surface area contributed by atoms with Crippen molar-refractivity contribution in [2.75, 3.05) is 5.73 Å². The van der Waals surface area contributed by atoms with Crippen molar-refractivity contribution < 1.29 is 0 Å². The molecule has 15 heavy (non-hydrogen) atoms. The Morgan fingerprint density at radius 2 is 2.27 bits per heavy atom. The Morgan fingerprint density at radius 3 is 3.00 bits per heavy atom. The molecule has 3 heterocycles. The number of aromatic nitrogens is 4. The first kappa shape index (κ1) is 8.05. The maximum Gasteiger partial charge on any atom is 0.137 e. The first-order valence-corrected chi connectivity index (χ1v) is 4.57. The molecule has 0 amide bonds. The molecule has 0 atom stereocenters. The number of H-pyrrole nitrogens is 1. The van der Waals surface area contributed by atoms with Crippen LogP contribution in [0.1, 0.15) is 0 Å². The van der Waals surface area contributed by atoms with E-state index in [1.54, 1.807) is 6.20 Å². The number of rotatable bonds is 1. The Kier molecular flexibility index (Phi) is 1.53. The highest BCUT2D eigenvalue weighted by Gasteiger charge is 2.08. The van der Waals surface area contributed by atoms with Gasteiger partial charge in [0.2, 0.25) is 0 Å². The van der Waals surface area contributed by atoms with Gasteiger partial charge in [0.15, 0.2) is 0 Å². The number of fused-ring (bicyclic) bond motifs is 1. The fourth-order valence-corrected chi connectivity index (χ4v) is 1.56. The molecule has 3 aromatic heterocycles. The summed E-state index contributed by atoms with van der Waals surface area (Å²) in [6.45, 7) is 0. The van der Waals surface area contributed by atoms with Gasteiger partial charge in [-0.1, -0.05) is 6.07 Å². The zero-order chi connectivity index (χ0) is 10.3. The van der Waals surface area contributed by atoms with Crippen LogP contribution in [-0.2, 0) is 0 Å². The molecule has 3 N–H and O–H groups in total. The third-order valence-electron chi connectivity index (χ3n) is 2.29. The molecule has 0 aliphatic rings. The normalized spacial score (nSPS) is 10.9. The molecule has 0 aromatic carbocycles. The summed E-state index contributed by atoms with van der Waals surface area (Å²) in [6, 6.07) is 5.84. The van der Waals surface area contributed by atoms with Crippen molar-refractivity contribution >= 4 is 11.3 Å². The second-order valence-electron chi connectivity index (χ2n) is 3.29. The highest BCUT2D eigenvalue weighted by Crippen LogP contribution is 2.21. The number of nitrogens with zero attached hydrogens (tertiary/aromatic N) is 3. The molecule has 0 saturated carbocycles. The van der Waals surface area contributed by atoms with Crippen molar-refractivity contribution in [2.45, 2.75) is 0 Å². The summed E-state index contributed by atoms with van der Waals surface area (Å²) >= 11 is 0. The lowest BCUT2D eigenvalue weighted by Gasteiger charge is -1.90. The van der Waals surface area contributed by atoms with Crippen LogP contribution in [0.3, 0.4) is 0 Å². The minimum Gasteiger partial charge on any atom is -0.396 e. The molecular formula is C10H9N5. The Morgan fingerprint density at radius 1 is 1.33 bits per heavy atom. The number of nitrogen functional groups attached to an aromatic ring is 1. The van der Waals surface area contributed by atoms with Gasteiger partial charge in [0, 0.05) is 12.4 Å². The lowest BCUT2D eigenvalue weighted by Crippen LogP contribution is -1.86. The summed E-state index contributed by atoms with van der Waals surface area (Å²) in [4.78, 5) is 4.43. The zero-order valence-electron chi connectivity index (χ0n) is 7.88. The van der Waals surface area contributed by atoms with Gasteiger partial charge in [-0.3, -0.25) is 5.10 Å². The van der Waals surface area contributed by atoms with Crippen LogP contribution in [0, 0.1) is 0 Å². The van der Waals surface area contributed by atoms with E-state index in [0.29, 0.717) is 5.69 Å². The molecule has 0 bridgehead atoms. The number of aromatic amines is 1. The molecule has 0 aliphatic carbocycles. The van der Waals surface area contributed by atoms with Crippen molar-refractivity contribution in [3.8, 4) is 11.4 Å². The molecule has 3 aromatic rings. The second-order valence-corrected chi connectivity index (χ2v) is 3.29. The number of nitrogens with two attached hydrogens (primary N) is 1. The van der Waals surface area contributed by atoms with Crippen LogP contribution < -0.4 is 5.73 Å². The molecule has 5 heteroatoms. The van der Waals surface area contributed by atoms with E-state index in [9.17, 15) is 0 Å². The van der Waals surface area contributed by atoms with Crippen molar-refractivity contribution in [3.63, 3.8) is 0 Å². The lowest BCUT2D eigenvalue weighted by molar-refractivity contribution is 1.09. The van der Waals surface area contributed by atoms with Crippen molar-refractivity contribution in [3.05, 3.63) is 36.8 Å². The van der Waals surface area contributed by atoms with Crippen LogP contribution in [0.15, 0.2) is 36.8 Å². The van der Waals surface area contributed by atoms with Gasteiger partial charge in [0.05, 0.1) is 11.9 Å². The van der Waals surface area contributed by atoms with Crippen LogP contribution in [0.25, 0.3) is 17.0 Å². The van der Waals surface area contributed by atoms with Gasteiger partial charge in [0.1, 0.15) is 17.0 Å². The van der Waals surface area contributed by atoms with Gasteiger partial charge in [-0.05, 0) is 12.1 Å². The van der Waals surface area contributed by atoms with E-state index in [1.165, 1.54) is 0 Å². The predicted molar refractivity (Wildman–Crippen MR) is 57.2 cm³/mol. The monoisotopic (exact) mass is 199 g/mol. The van der Waals surface area contributed by atoms with Crippen LogP contribution >= 0.6 is 0 Å². The summed E-state index contributed by atoms with van der Waals surface area (Å²) < 4.78 is 1.94. The Labute approximate surface area is 85.6 Å². The summed E-state index contributed by atoms with van der Waals surface area (Å²) in [6.07, 6.45) is 5.44. The molecule has 0 saturated heterocycles. The first-order chi connectivity index (χ1) is 7.34.